The van der Waals surface area contributed by atoms with Crippen molar-refractivity contribution in [1.29, 1.82) is 0 Å². The smallest absolute Gasteiger partial charge is 0.254 e. The molecule has 0 saturated carbocycles. The van der Waals surface area contributed by atoms with Crippen molar-refractivity contribution >= 4 is 28.4 Å². The fraction of sp³-hybridized carbons (Fsp3) is 0.321. The number of phenolic OH excluding ortho intramolecular Hbond substituents is 1. The number of amides is 1. The van der Waals surface area contributed by atoms with Gasteiger partial charge in [-0.3, -0.25) is 14.6 Å². The summed E-state index contributed by atoms with van der Waals surface area (Å²) in [6, 6.07) is 12.7. The molecule has 3 aromatic rings. The van der Waals surface area contributed by atoms with Crippen LogP contribution in [0.3, 0.4) is 0 Å². The third-order valence-electron chi connectivity index (χ3n) is 7.25. The molecule has 3 heterocycles. The Bertz CT molecular complexity index is 1370. The number of aromatic amines is 1. The van der Waals surface area contributed by atoms with Gasteiger partial charge >= 0.3 is 0 Å². The number of benzene rings is 2. The van der Waals surface area contributed by atoms with Crippen LogP contribution in [0.15, 0.2) is 54.9 Å². The maximum absolute atomic E-state index is 13.9. The number of fused-ring (bicyclic) bond motifs is 4. The topological polar surface area (TPSA) is 62.8 Å². The van der Waals surface area contributed by atoms with Crippen LogP contribution in [0.2, 0.25) is 5.02 Å². The van der Waals surface area contributed by atoms with E-state index in [0.717, 1.165) is 40.7 Å². The number of rotatable bonds is 6. The average molecular weight is 489 g/mol. The summed E-state index contributed by atoms with van der Waals surface area (Å²) < 4.78 is 0. The van der Waals surface area contributed by atoms with Crippen LogP contribution in [0, 0.1) is 12.3 Å². The van der Waals surface area contributed by atoms with Gasteiger partial charge < -0.3 is 15.0 Å². The lowest BCUT2D eigenvalue weighted by atomic mass is 9.81. The molecule has 7 heteroatoms. The molecule has 35 heavy (non-hydrogen) atoms. The van der Waals surface area contributed by atoms with E-state index in [9.17, 15) is 9.90 Å². The Balaban J connectivity index is 1.59. The molecule has 1 amide bonds. The molecule has 0 bridgehead atoms. The Kier molecular flexibility index (Phi) is 5.79. The highest BCUT2D eigenvalue weighted by molar-refractivity contribution is 6.31. The first kappa shape index (κ1) is 23.3. The summed E-state index contributed by atoms with van der Waals surface area (Å²) in [6.07, 6.45) is 6.74. The number of hydrogen-bond donors (Lipinski definition) is 2. The molecule has 2 N–H and O–H groups in total. The summed E-state index contributed by atoms with van der Waals surface area (Å²) in [5, 5.41) is 12.0. The minimum Gasteiger partial charge on any atom is -0.508 e. The lowest BCUT2D eigenvalue weighted by Crippen LogP contribution is -2.52. The average Bonchev–Trinajstić information content (AvgIpc) is 3.25. The summed E-state index contributed by atoms with van der Waals surface area (Å²) in [7, 11) is 1.98. The van der Waals surface area contributed by atoms with Gasteiger partial charge in [-0.15, -0.1) is 6.42 Å². The molecular formula is C28H29ClN4O2. The lowest BCUT2D eigenvalue weighted by Gasteiger charge is -2.44. The van der Waals surface area contributed by atoms with E-state index < -0.39 is 5.54 Å². The monoisotopic (exact) mass is 488 g/mol. The van der Waals surface area contributed by atoms with Gasteiger partial charge in [-0.2, -0.15) is 0 Å². The number of phenols is 1. The van der Waals surface area contributed by atoms with Crippen molar-refractivity contribution in [3.05, 3.63) is 76.7 Å². The van der Waals surface area contributed by atoms with Gasteiger partial charge in [0.15, 0.2) is 0 Å². The first-order chi connectivity index (χ1) is 16.7. The number of terminal acetylenes is 1. The van der Waals surface area contributed by atoms with E-state index >= 15 is 0 Å². The number of H-pyrrole nitrogens is 1. The number of aromatic hydroxyl groups is 1. The zero-order valence-electron chi connectivity index (χ0n) is 20.0. The van der Waals surface area contributed by atoms with E-state index in [1.165, 1.54) is 0 Å². The second-order valence-corrected chi connectivity index (χ2v) is 10.1. The molecule has 2 aliphatic rings. The molecule has 0 spiro atoms. The fourth-order valence-corrected chi connectivity index (χ4v) is 5.81. The predicted octanol–water partition coefficient (Wildman–Crippen LogP) is 4.50. The van der Waals surface area contributed by atoms with Crippen LogP contribution in [-0.2, 0) is 11.2 Å². The number of carbonyl (C=O) groups is 1. The van der Waals surface area contributed by atoms with Crippen molar-refractivity contribution in [3.63, 3.8) is 0 Å². The van der Waals surface area contributed by atoms with Crippen LogP contribution in [-0.4, -0.2) is 62.9 Å². The van der Waals surface area contributed by atoms with E-state index in [1.54, 1.807) is 17.0 Å². The Morgan fingerprint density at radius 2 is 2.14 bits per heavy atom. The summed E-state index contributed by atoms with van der Waals surface area (Å²) in [5.74, 6) is 3.54. The molecule has 0 aliphatic carbocycles. The van der Waals surface area contributed by atoms with E-state index in [0.29, 0.717) is 30.4 Å². The first-order valence-corrected chi connectivity index (χ1v) is 12.1. The molecule has 1 fully saturated rings. The van der Waals surface area contributed by atoms with Gasteiger partial charge in [-0.05, 0) is 61.9 Å². The molecule has 0 unspecified atom stereocenters. The van der Waals surface area contributed by atoms with Gasteiger partial charge in [-0.25, -0.2) is 0 Å². The second kappa shape index (κ2) is 8.67. The number of nitrogens with one attached hydrogen (secondary N) is 1. The molecule has 5 rings (SSSR count). The van der Waals surface area contributed by atoms with Crippen molar-refractivity contribution in [2.24, 2.45) is 0 Å². The minimum absolute atomic E-state index is 0.0364. The number of nitrogens with zero attached hydrogens (tertiary/aromatic N) is 3. The van der Waals surface area contributed by atoms with E-state index in [1.807, 2.05) is 44.3 Å². The van der Waals surface area contributed by atoms with Crippen LogP contribution in [0.5, 0.6) is 5.75 Å². The quantitative estimate of drug-likeness (QED) is 0.501. The van der Waals surface area contributed by atoms with Gasteiger partial charge in [0.05, 0.1) is 12.6 Å². The summed E-state index contributed by atoms with van der Waals surface area (Å²) >= 11 is 6.36. The number of hydrogen-bond acceptors (Lipinski definition) is 4. The molecule has 1 saturated heterocycles. The molecule has 2 atom stereocenters. The van der Waals surface area contributed by atoms with E-state index in [2.05, 4.69) is 27.3 Å². The highest BCUT2D eigenvalue weighted by Gasteiger charge is 2.57. The normalized spacial score (nSPS) is 21.5. The molecule has 180 valence electrons. The molecule has 6 nitrogen and oxygen atoms in total. The van der Waals surface area contributed by atoms with Crippen LogP contribution < -0.4 is 0 Å². The van der Waals surface area contributed by atoms with Crippen LogP contribution in [0.25, 0.3) is 10.9 Å². The van der Waals surface area contributed by atoms with Crippen molar-refractivity contribution in [1.82, 2.24) is 19.7 Å². The SMILES string of the molecule is C#CCN(C)CCCN1C(=C)N2[C@H](c3cccc(O)c3)c3[nH]c4ccc(Cl)cc4c3C[C@@]2(C)C1=O. The van der Waals surface area contributed by atoms with Crippen LogP contribution in [0.1, 0.15) is 36.2 Å². The van der Waals surface area contributed by atoms with Crippen molar-refractivity contribution in [2.75, 3.05) is 26.7 Å². The Morgan fingerprint density at radius 1 is 1.34 bits per heavy atom. The summed E-state index contributed by atoms with van der Waals surface area (Å²) in [5.41, 5.74) is 3.11. The zero-order chi connectivity index (χ0) is 24.9. The highest BCUT2D eigenvalue weighted by atomic mass is 35.5. The summed E-state index contributed by atoms with van der Waals surface area (Å²) in [4.78, 5) is 23.5. The molecule has 2 aliphatic heterocycles. The minimum atomic E-state index is -0.817. The highest BCUT2D eigenvalue weighted by Crippen LogP contribution is 2.51. The Labute approximate surface area is 210 Å². The van der Waals surface area contributed by atoms with Gasteiger partial charge in [-0.1, -0.05) is 36.2 Å². The standard InChI is InChI=1S/C28H29ClN4O2/c1-5-12-31(4)13-7-14-32-18(2)33-26(19-8-6-9-21(34)15-19)25-23(17-28(33,3)27(32)35)22-16-20(29)10-11-24(22)30-25/h1,6,8-11,15-16,26,30,34H,2,7,12-14,17H2,3-4H3/t26-,28+/m1/s1. The third kappa shape index (κ3) is 3.76. The molecule has 1 aromatic heterocycles. The van der Waals surface area contributed by atoms with E-state index in [-0.39, 0.29) is 17.7 Å². The lowest BCUT2D eigenvalue weighted by molar-refractivity contribution is -0.133. The van der Waals surface area contributed by atoms with Gasteiger partial charge in [0.25, 0.3) is 5.91 Å². The second-order valence-electron chi connectivity index (χ2n) is 9.69. The maximum atomic E-state index is 13.9. The zero-order valence-corrected chi connectivity index (χ0v) is 20.8. The van der Waals surface area contributed by atoms with Crippen molar-refractivity contribution in [3.8, 4) is 18.1 Å². The van der Waals surface area contributed by atoms with Crippen LogP contribution >= 0.6 is 11.6 Å². The predicted molar refractivity (Wildman–Crippen MR) is 139 cm³/mol. The maximum Gasteiger partial charge on any atom is 0.254 e. The fourth-order valence-electron chi connectivity index (χ4n) is 5.63. The number of halogens is 1. The van der Waals surface area contributed by atoms with Crippen molar-refractivity contribution in [2.45, 2.75) is 31.3 Å². The molecule has 0 radical (unpaired) electrons. The molecular weight excluding hydrogens is 460 g/mol. The largest absolute Gasteiger partial charge is 0.508 e. The first-order valence-electron chi connectivity index (χ1n) is 11.8. The van der Waals surface area contributed by atoms with Gasteiger partial charge in [0, 0.05) is 41.1 Å². The number of carbonyl (C=O) groups excluding carboxylic acids is 1. The van der Waals surface area contributed by atoms with E-state index in [4.69, 9.17) is 18.0 Å². The van der Waals surface area contributed by atoms with Crippen LogP contribution in [0.4, 0.5) is 0 Å². The number of aromatic nitrogens is 1. The Morgan fingerprint density at radius 3 is 2.89 bits per heavy atom. The van der Waals surface area contributed by atoms with Crippen molar-refractivity contribution < 1.29 is 9.90 Å². The van der Waals surface area contributed by atoms with Gasteiger partial charge in [0.1, 0.15) is 17.1 Å². The summed E-state index contributed by atoms with van der Waals surface area (Å²) in [6.45, 7) is 8.29. The van der Waals surface area contributed by atoms with Gasteiger partial charge in [0.2, 0.25) is 0 Å². The third-order valence-corrected chi connectivity index (χ3v) is 7.48. The Hall–Kier alpha value is -3.40. The molecule has 2 aromatic carbocycles.